The molecule has 1 fully saturated rings. The molecule has 2 amide bonds. The molecular weight excluding hydrogens is 473 g/mol. The van der Waals surface area contributed by atoms with Gasteiger partial charge in [-0.15, -0.1) is 0 Å². The minimum Gasteiger partial charge on any atom is -0.491 e. The fraction of sp³-hybridized carbons (Fsp3) is 0.385. The van der Waals surface area contributed by atoms with Crippen molar-refractivity contribution in [2.24, 2.45) is 5.92 Å². The van der Waals surface area contributed by atoms with E-state index in [0.29, 0.717) is 30.2 Å². The first kappa shape index (κ1) is 25.6. The molecule has 0 unspecified atom stereocenters. The minimum atomic E-state index is -4.23. The van der Waals surface area contributed by atoms with E-state index in [0.717, 1.165) is 27.5 Å². The molecule has 2 aromatic carbocycles. The molecule has 1 atom stereocenters. The second-order valence-corrected chi connectivity index (χ2v) is 8.97. The molecule has 10 heteroatoms. The third-order valence-corrected chi connectivity index (χ3v) is 6.30. The van der Waals surface area contributed by atoms with Crippen LogP contribution < -0.4 is 15.4 Å². The Morgan fingerprint density at radius 3 is 2.78 bits per heavy atom. The van der Waals surface area contributed by atoms with Crippen LogP contribution in [0.4, 0.5) is 29.5 Å². The van der Waals surface area contributed by atoms with Crippen molar-refractivity contribution in [3.63, 3.8) is 0 Å². The molecule has 0 saturated carbocycles. The number of aromatic nitrogens is 1. The highest BCUT2D eigenvalue weighted by Gasteiger charge is 2.36. The van der Waals surface area contributed by atoms with Crippen molar-refractivity contribution in [1.82, 2.24) is 9.88 Å². The van der Waals surface area contributed by atoms with Gasteiger partial charge in [-0.2, -0.15) is 13.2 Å². The number of nitrogens with one attached hydrogen (secondary N) is 2. The first-order valence-electron chi connectivity index (χ1n) is 11.8. The average molecular weight is 503 g/mol. The molecule has 1 aromatic heterocycles. The van der Waals surface area contributed by atoms with Crippen molar-refractivity contribution in [3.8, 4) is 16.9 Å². The number of anilines is 2. The monoisotopic (exact) mass is 502 g/mol. The van der Waals surface area contributed by atoms with Gasteiger partial charge in [-0.3, -0.25) is 0 Å². The average Bonchev–Trinajstić information content (AvgIpc) is 3.30. The van der Waals surface area contributed by atoms with E-state index in [2.05, 4.69) is 15.6 Å². The maximum absolute atomic E-state index is 12.7. The molecular formula is C26H29F3N4O3. The zero-order valence-electron chi connectivity index (χ0n) is 20.2. The molecule has 3 aromatic rings. The zero-order chi connectivity index (χ0) is 25.9. The number of pyridine rings is 1. The molecule has 2 heterocycles. The highest BCUT2D eigenvalue weighted by molar-refractivity contribution is 5.95. The number of carbonyl (C=O) groups is 1. The van der Waals surface area contributed by atoms with Gasteiger partial charge in [0.05, 0.1) is 6.61 Å². The number of aryl methyl sites for hydroxylation is 1. The van der Waals surface area contributed by atoms with E-state index in [1.54, 1.807) is 19.3 Å². The summed E-state index contributed by atoms with van der Waals surface area (Å²) in [7, 11) is 1.78. The Labute approximate surface area is 207 Å². The number of alkyl halides is 3. The van der Waals surface area contributed by atoms with Crippen LogP contribution in [-0.4, -0.2) is 60.5 Å². The Hall–Kier alpha value is -3.53. The normalized spacial score (nSPS) is 15.8. The predicted octanol–water partition coefficient (Wildman–Crippen LogP) is 5.43. The minimum absolute atomic E-state index is 0.0852. The van der Waals surface area contributed by atoms with E-state index < -0.39 is 24.5 Å². The maximum Gasteiger partial charge on any atom is 0.389 e. The fourth-order valence-electron chi connectivity index (χ4n) is 4.51. The van der Waals surface area contributed by atoms with Crippen LogP contribution in [0.3, 0.4) is 0 Å². The Balaban J connectivity index is 1.59. The lowest BCUT2D eigenvalue weighted by Crippen LogP contribution is -2.33. The van der Waals surface area contributed by atoms with Crippen molar-refractivity contribution in [2.75, 3.05) is 44.0 Å². The zero-order valence-corrected chi connectivity index (χ0v) is 20.2. The molecule has 4 rings (SSSR count). The van der Waals surface area contributed by atoms with Gasteiger partial charge in [-0.05, 0) is 66.3 Å². The van der Waals surface area contributed by atoms with Crippen molar-refractivity contribution in [2.45, 2.75) is 25.9 Å². The van der Waals surface area contributed by atoms with Gasteiger partial charge in [0.15, 0.2) is 0 Å². The Kier molecular flexibility index (Phi) is 7.53. The van der Waals surface area contributed by atoms with Crippen LogP contribution in [0.5, 0.6) is 5.75 Å². The summed E-state index contributed by atoms with van der Waals surface area (Å²) < 4.78 is 43.9. The number of rotatable bonds is 7. The van der Waals surface area contributed by atoms with Crippen molar-refractivity contribution in [1.29, 1.82) is 0 Å². The topological polar surface area (TPSA) is 86.7 Å². The molecule has 3 N–H and O–H groups in total. The van der Waals surface area contributed by atoms with Crippen LogP contribution in [-0.2, 0) is 0 Å². The van der Waals surface area contributed by atoms with Crippen LogP contribution >= 0.6 is 0 Å². The van der Waals surface area contributed by atoms with Gasteiger partial charge < -0.3 is 25.4 Å². The van der Waals surface area contributed by atoms with Crippen LogP contribution in [0.1, 0.15) is 18.4 Å². The number of halogens is 3. The number of amides is 2. The van der Waals surface area contributed by atoms with E-state index in [9.17, 15) is 23.1 Å². The Bertz CT molecular complexity index is 1250. The molecule has 1 saturated heterocycles. The van der Waals surface area contributed by atoms with Gasteiger partial charge in [0.1, 0.15) is 18.2 Å². The molecule has 0 spiro atoms. The number of nitrogens with zero attached hydrogens (tertiary/aromatic N) is 2. The van der Waals surface area contributed by atoms with Gasteiger partial charge in [-0.25, -0.2) is 9.78 Å². The van der Waals surface area contributed by atoms with Gasteiger partial charge in [0.2, 0.25) is 0 Å². The highest BCUT2D eigenvalue weighted by atomic mass is 19.4. The quantitative estimate of drug-likeness (QED) is 0.401. The summed E-state index contributed by atoms with van der Waals surface area (Å²) in [4.78, 5) is 18.6. The number of fused-ring (bicyclic) bond motifs is 1. The second kappa shape index (κ2) is 10.6. The lowest BCUT2D eigenvalue weighted by Gasteiger charge is -2.19. The smallest absolute Gasteiger partial charge is 0.389 e. The number of likely N-dealkylation sites (tertiary alicyclic amines) is 1. The Morgan fingerprint density at radius 1 is 1.25 bits per heavy atom. The van der Waals surface area contributed by atoms with E-state index >= 15 is 0 Å². The largest absolute Gasteiger partial charge is 0.491 e. The first-order valence-corrected chi connectivity index (χ1v) is 11.8. The number of ether oxygens (including phenoxy) is 1. The third-order valence-electron chi connectivity index (χ3n) is 6.30. The molecule has 0 radical (unpaired) electrons. The lowest BCUT2D eigenvalue weighted by atomic mass is 9.97. The van der Waals surface area contributed by atoms with Crippen LogP contribution in [0, 0.1) is 12.8 Å². The molecule has 0 bridgehead atoms. The molecule has 192 valence electrons. The predicted molar refractivity (Wildman–Crippen MR) is 133 cm³/mol. The van der Waals surface area contributed by atoms with Crippen molar-refractivity contribution in [3.05, 3.63) is 48.2 Å². The number of aliphatic hydroxyl groups is 1. The van der Waals surface area contributed by atoms with Gasteiger partial charge >= 0.3 is 12.2 Å². The second-order valence-electron chi connectivity index (χ2n) is 8.97. The molecule has 36 heavy (non-hydrogen) atoms. The maximum atomic E-state index is 12.7. The summed E-state index contributed by atoms with van der Waals surface area (Å²) in [5.74, 6) is 0.706. The lowest BCUT2D eigenvalue weighted by molar-refractivity contribution is -0.143. The third kappa shape index (κ3) is 5.99. The molecule has 7 nitrogen and oxygen atoms in total. The summed E-state index contributed by atoms with van der Waals surface area (Å²) in [5.41, 5.74) is 3.21. The van der Waals surface area contributed by atoms with Gasteiger partial charge in [-0.1, -0.05) is 6.07 Å². The van der Waals surface area contributed by atoms with Gasteiger partial charge in [0, 0.05) is 49.2 Å². The van der Waals surface area contributed by atoms with Crippen molar-refractivity contribution >= 4 is 28.3 Å². The molecule has 1 aliphatic rings. The Morgan fingerprint density at radius 2 is 2.06 bits per heavy atom. The number of carbonyl (C=O) groups excluding carboxylic acids is 1. The highest BCUT2D eigenvalue weighted by Crippen LogP contribution is 2.36. The fourth-order valence-corrected chi connectivity index (χ4v) is 4.51. The van der Waals surface area contributed by atoms with Crippen molar-refractivity contribution < 1.29 is 27.8 Å². The first-order chi connectivity index (χ1) is 17.2. The number of urea groups is 1. The SMILES string of the molecule is CNc1cc2c(OCCO)cc(-c3cc(NC(=O)N4CC[C@@H](CC(F)(F)F)C4)ccc3C)cc2cn1. The summed E-state index contributed by atoms with van der Waals surface area (Å²) in [5, 5.41) is 16.8. The van der Waals surface area contributed by atoms with E-state index in [1.807, 2.05) is 37.3 Å². The number of aliphatic hydroxyl groups excluding tert-OH is 1. The molecule has 0 aliphatic carbocycles. The van der Waals surface area contributed by atoms with E-state index in [-0.39, 0.29) is 19.8 Å². The van der Waals surface area contributed by atoms with Crippen LogP contribution in [0.2, 0.25) is 0 Å². The number of hydrogen-bond acceptors (Lipinski definition) is 5. The number of benzene rings is 2. The summed E-state index contributed by atoms with van der Waals surface area (Å²) >= 11 is 0. The summed E-state index contributed by atoms with van der Waals surface area (Å²) in [6.45, 7) is 2.33. The standard InChI is InChI=1S/C26H29F3N4O3/c1-16-3-4-20(32-25(35)33-6-5-17(15-33)13-26(27,28)29)11-21(16)18-9-19-14-31-24(30-2)12-22(19)23(10-18)36-8-7-34/h3-4,9-12,14,17,34H,5-8,13,15H2,1-2H3,(H,30,31)(H,32,35)/t17-/m0/s1. The van der Waals surface area contributed by atoms with E-state index in [4.69, 9.17) is 4.74 Å². The number of hydrogen-bond donors (Lipinski definition) is 3. The summed E-state index contributed by atoms with van der Waals surface area (Å²) in [6, 6.07) is 10.8. The van der Waals surface area contributed by atoms with Crippen LogP contribution in [0.25, 0.3) is 21.9 Å². The summed E-state index contributed by atoms with van der Waals surface area (Å²) in [6.07, 6.45) is -3.03. The van der Waals surface area contributed by atoms with Gasteiger partial charge in [0.25, 0.3) is 0 Å². The molecule has 1 aliphatic heterocycles. The van der Waals surface area contributed by atoms with E-state index in [1.165, 1.54) is 4.90 Å². The van der Waals surface area contributed by atoms with Crippen LogP contribution in [0.15, 0.2) is 42.6 Å².